The number of nitrogens with zero attached hydrogens (tertiary/aromatic N) is 1. The standard InChI is InChI=1S/C15H17BrN2O2S/c1-8-13(9(2)19)14(17-15(21)18(8)3)11-7-10(16)5-6-12(11)20-4/h5-7,14H,1-4H3,(H,17,21). The number of thiocarbonyl (C=S) groups is 1. The fourth-order valence-corrected chi connectivity index (χ4v) is 3.09. The molecule has 1 aromatic carbocycles. The van der Waals surface area contributed by atoms with Gasteiger partial charge in [0, 0.05) is 28.4 Å². The molecule has 1 aromatic rings. The zero-order valence-electron chi connectivity index (χ0n) is 12.4. The second kappa shape index (κ2) is 6.15. The van der Waals surface area contributed by atoms with Crippen LogP contribution in [0.25, 0.3) is 0 Å². The van der Waals surface area contributed by atoms with Crippen molar-refractivity contribution in [3.8, 4) is 5.75 Å². The molecule has 0 saturated carbocycles. The number of allylic oxidation sites excluding steroid dienone is 1. The molecule has 1 aliphatic heterocycles. The average Bonchev–Trinajstić information content (AvgIpc) is 2.43. The number of carbonyl (C=O) groups excluding carboxylic acids is 1. The monoisotopic (exact) mass is 368 g/mol. The van der Waals surface area contributed by atoms with Crippen LogP contribution in [0.1, 0.15) is 25.5 Å². The van der Waals surface area contributed by atoms with Crippen LogP contribution in [0.5, 0.6) is 5.75 Å². The predicted molar refractivity (Wildman–Crippen MR) is 90.3 cm³/mol. The summed E-state index contributed by atoms with van der Waals surface area (Å²) in [5, 5.41) is 3.81. The van der Waals surface area contributed by atoms with Crippen LogP contribution in [0.3, 0.4) is 0 Å². The minimum Gasteiger partial charge on any atom is -0.496 e. The SMILES string of the molecule is COc1ccc(Br)cc1C1NC(=S)N(C)C(C)=C1C(C)=O. The number of rotatable bonds is 3. The number of ether oxygens (including phenoxy) is 1. The molecular weight excluding hydrogens is 352 g/mol. The largest absolute Gasteiger partial charge is 0.496 e. The van der Waals surface area contributed by atoms with E-state index in [4.69, 9.17) is 17.0 Å². The lowest BCUT2D eigenvalue weighted by Crippen LogP contribution is -2.45. The first kappa shape index (κ1) is 16.0. The molecule has 21 heavy (non-hydrogen) atoms. The minimum atomic E-state index is -0.307. The molecule has 4 nitrogen and oxygen atoms in total. The van der Waals surface area contributed by atoms with Crippen molar-refractivity contribution in [3.63, 3.8) is 0 Å². The van der Waals surface area contributed by atoms with Crippen molar-refractivity contribution in [2.24, 2.45) is 0 Å². The summed E-state index contributed by atoms with van der Waals surface area (Å²) in [5.41, 5.74) is 2.44. The maximum absolute atomic E-state index is 12.1. The third-order valence-corrected chi connectivity index (χ3v) is 4.52. The predicted octanol–water partition coefficient (Wildman–Crippen LogP) is 3.18. The number of ketones is 1. The third-order valence-electron chi connectivity index (χ3n) is 3.64. The molecule has 0 radical (unpaired) electrons. The highest BCUT2D eigenvalue weighted by atomic mass is 79.9. The molecular formula is C15H17BrN2O2S. The molecule has 1 atom stereocenters. The van der Waals surface area contributed by atoms with Crippen LogP contribution in [-0.4, -0.2) is 30.0 Å². The van der Waals surface area contributed by atoms with E-state index in [1.807, 2.05) is 37.1 Å². The second-order valence-electron chi connectivity index (χ2n) is 4.88. The van der Waals surface area contributed by atoms with Gasteiger partial charge in [-0.05, 0) is 44.3 Å². The quantitative estimate of drug-likeness (QED) is 0.829. The minimum absolute atomic E-state index is 0.0152. The molecule has 0 aromatic heterocycles. The van der Waals surface area contributed by atoms with Crippen molar-refractivity contribution >= 4 is 39.0 Å². The highest BCUT2D eigenvalue weighted by Gasteiger charge is 2.32. The Morgan fingerprint density at radius 3 is 2.71 bits per heavy atom. The highest BCUT2D eigenvalue weighted by Crippen LogP contribution is 2.36. The molecule has 2 rings (SSSR count). The van der Waals surface area contributed by atoms with Crippen LogP contribution in [0, 0.1) is 0 Å². The number of benzene rings is 1. The van der Waals surface area contributed by atoms with Gasteiger partial charge in [0.15, 0.2) is 10.9 Å². The Bertz CT molecular complexity index is 643. The van der Waals surface area contributed by atoms with Gasteiger partial charge in [0.2, 0.25) is 0 Å². The fourth-order valence-electron chi connectivity index (χ4n) is 2.46. The Kier molecular flexibility index (Phi) is 4.68. The zero-order valence-corrected chi connectivity index (χ0v) is 14.8. The van der Waals surface area contributed by atoms with E-state index in [0.29, 0.717) is 10.7 Å². The first-order valence-electron chi connectivity index (χ1n) is 6.46. The molecule has 0 bridgehead atoms. The molecule has 0 aliphatic carbocycles. The molecule has 0 saturated heterocycles. The van der Waals surface area contributed by atoms with Crippen molar-refractivity contribution in [3.05, 3.63) is 39.5 Å². The van der Waals surface area contributed by atoms with Crippen LogP contribution < -0.4 is 10.1 Å². The summed E-state index contributed by atoms with van der Waals surface area (Å²) < 4.78 is 6.35. The van der Waals surface area contributed by atoms with E-state index >= 15 is 0 Å². The third kappa shape index (κ3) is 2.96. The van der Waals surface area contributed by atoms with E-state index in [9.17, 15) is 4.79 Å². The van der Waals surface area contributed by atoms with Crippen LogP contribution in [0.4, 0.5) is 0 Å². The number of carbonyl (C=O) groups is 1. The lowest BCUT2D eigenvalue weighted by molar-refractivity contribution is -0.114. The molecule has 1 aliphatic rings. The Hall–Kier alpha value is -1.40. The van der Waals surface area contributed by atoms with Gasteiger partial charge in [-0.2, -0.15) is 0 Å². The maximum Gasteiger partial charge on any atom is 0.173 e. The van der Waals surface area contributed by atoms with Gasteiger partial charge < -0.3 is 15.0 Å². The topological polar surface area (TPSA) is 41.6 Å². The van der Waals surface area contributed by atoms with E-state index in [0.717, 1.165) is 21.5 Å². The summed E-state index contributed by atoms with van der Waals surface area (Å²) in [6.45, 7) is 3.47. The van der Waals surface area contributed by atoms with E-state index in [1.165, 1.54) is 0 Å². The van der Waals surface area contributed by atoms with Gasteiger partial charge in [0.05, 0.1) is 13.2 Å². The van der Waals surface area contributed by atoms with Gasteiger partial charge >= 0.3 is 0 Å². The van der Waals surface area contributed by atoms with E-state index in [-0.39, 0.29) is 11.8 Å². The smallest absolute Gasteiger partial charge is 0.173 e. The first-order chi connectivity index (χ1) is 9.86. The van der Waals surface area contributed by atoms with E-state index in [2.05, 4.69) is 21.2 Å². The Morgan fingerprint density at radius 2 is 2.14 bits per heavy atom. The van der Waals surface area contributed by atoms with Crippen molar-refractivity contribution < 1.29 is 9.53 Å². The molecule has 1 heterocycles. The Morgan fingerprint density at radius 1 is 1.48 bits per heavy atom. The van der Waals surface area contributed by atoms with Crippen LogP contribution in [0.2, 0.25) is 0 Å². The fraction of sp³-hybridized carbons (Fsp3) is 0.333. The van der Waals surface area contributed by atoms with Gasteiger partial charge in [-0.1, -0.05) is 15.9 Å². The van der Waals surface area contributed by atoms with Crippen molar-refractivity contribution in [1.29, 1.82) is 0 Å². The number of hydrogen-bond donors (Lipinski definition) is 1. The molecule has 0 amide bonds. The van der Waals surface area contributed by atoms with Crippen LogP contribution in [0.15, 0.2) is 33.9 Å². The summed E-state index contributed by atoms with van der Waals surface area (Å²) >= 11 is 8.81. The lowest BCUT2D eigenvalue weighted by atomic mass is 9.92. The summed E-state index contributed by atoms with van der Waals surface area (Å²) in [4.78, 5) is 13.9. The number of halogens is 1. The average molecular weight is 369 g/mol. The second-order valence-corrected chi connectivity index (χ2v) is 6.19. The highest BCUT2D eigenvalue weighted by molar-refractivity contribution is 9.10. The van der Waals surface area contributed by atoms with Gasteiger partial charge in [0.1, 0.15) is 5.75 Å². The van der Waals surface area contributed by atoms with Crippen LogP contribution >= 0.6 is 28.1 Å². The molecule has 1 unspecified atom stereocenters. The van der Waals surface area contributed by atoms with Crippen molar-refractivity contribution in [1.82, 2.24) is 10.2 Å². The number of methoxy groups -OCH3 is 1. The summed E-state index contributed by atoms with van der Waals surface area (Å²) in [6.07, 6.45) is 0. The zero-order chi connectivity index (χ0) is 15.7. The summed E-state index contributed by atoms with van der Waals surface area (Å²) in [7, 11) is 3.46. The maximum atomic E-state index is 12.1. The summed E-state index contributed by atoms with van der Waals surface area (Å²) in [6, 6.07) is 5.41. The molecule has 112 valence electrons. The summed E-state index contributed by atoms with van der Waals surface area (Å²) in [5.74, 6) is 0.732. The number of nitrogens with one attached hydrogen (secondary N) is 1. The number of Topliss-reactive ketones (excluding diaryl/α,β-unsaturated/α-hetero) is 1. The van der Waals surface area contributed by atoms with E-state index < -0.39 is 0 Å². The van der Waals surface area contributed by atoms with Crippen LogP contribution in [-0.2, 0) is 4.79 Å². The molecule has 0 spiro atoms. The molecule has 1 N–H and O–H groups in total. The van der Waals surface area contributed by atoms with Crippen molar-refractivity contribution in [2.75, 3.05) is 14.2 Å². The Labute approximate surface area is 138 Å². The van der Waals surface area contributed by atoms with E-state index in [1.54, 1.807) is 14.0 Å². The van der Waals surface area contributed by atoms with Crippen molar-refractivity contribution in [2.45, 2.75) is 19.9 Å². The Balaban J connectivity index is 2.64. The number of hydrogen-bond acceptors (Lipinski definition) is 3. The van der Waals surface area contributed by atoms with Gasteiger partial charge in [-0.15, -0.1) is 0 Å². The first-order valence-corrected chi connectivity index (χ1v) is 7.66. The normalized spacial score (nSPS) is 18.6. The van der Waals surface area contributed by atoms with Gasteiger partial charge in [0.25, 0.3) is 0 Å². The van der Waals surface area contributed by atoms with Gasteiger partial charge in [-0.25, -0.2) is 0 Å². The molecule has 0 fully saturated rings. The lowest BCUT2D eigenvalue weighted by Gasteiger charge is -2.36. The van der Waals surface area contributed by atoms with Gasteiger partial charge in [-0.3, -0.25) is 4.79 Å². The molecule has 6 heteroatoms.